The molecule has 0 unspecified atom stereocenters. The fourth-order valence-electron chi connectivity index (χ4n) is 2.16. The first-order chi connectivity index (χ1) is 13.8. The van der Waals surface area contributed by atoms with E-state index in [0.29, 0.717) is 26.4 Å². The van der Waals surface area contributed by atoms with E-state index in [1.54, 1.807) is 18.2 Å². The van der Waals surface area contributed by atoms with Crippen LogP contribution in [0.15, 0.2) is 24.3 Å². The van der Waals surface area contributed by atoms with Crippen LogP contribution in [0.25, 0.3) is 0 Å². The topological polar surface area (TPSA) is 79.5 Å². The second kappa shape index (κ2) is 11.6. The van der Waals surface area contributed by atoms with Crippen LogP contribution in [0.4, 0.5) is 5.00 Å². The molecule has 1 amide bonds. The zero-order chi connectivity index (χ0) is 21.4. The summed E-state index contributed by atoms with van der Waals surface area (Å²) in [4.78, 5) is 24.9. The molecule has 0 spiro atoms. The zero-order valence-electron chi connectivity index (χ0n) is 15.6. The summed E-state index contributed by atoms with van der Waals surface area (Å²) in [6.07, 6.45) is 0.781. The van der Waals surface area contributed by atoms with Crippen LogP contribution in [0.5, 0.6) is 0 Å². The Morgan fingerprint density at radius 1 is 1.21 bits per heavy atom. The van der Waals surface area contributed by atoms with Gasteiger partial charge in [-0.25, -0.2) is 4.79 Å². The molecule has 0 saturated carbocycles. The van der Waals surface area contributed by atoms with E-state index in [9.17, 15) is 9.59 Å². The molecule has 0 fully saturated rings. The molecule has 29 heavy (non-hydrogen) atoms. The van der Waals surface area contributed by atoms with E-state index in [-0.39, 0.29) is 16.8 Å². The van der Waals surface area contributed by atoms with E-state index in [1.165, 1.54) is 30.2 Å². The molecule has 0 aliphatic heterocycles. The predicted octanol–water partition coefficient (Wildman–Crippen LogP) is 4.65. The summed E-state index contributed by atoms with van der Waals surface area (Å²) in [5.41, 5.74) is 6.53. The van der Waals surface area contributed by atoms with Gasteiger partial charge in [0, 0.05) is 10.6 Å². The van der Waals surface area contributed by atoms with E-state index >= 15 is 0 Å². The molecule has 0 atom stereocenters. The average Bonchev–Trinajstić information content (AvgIpc) is 3.11. The third-order valence-electron chi connectivity index (χ3n) is 3.57. The number of nitrogens with one attached hydrogen (secondary N) is 3. The number of esters is 1. The van der Waals surface area contributed by atoms with E-state index in [1.807, 2.05) is 13.0 Å². The summed E-state index contributed by atoms with van der Waals surface area (Å²) in [5.74, 6) is 0.147. The number of anilines is 1. The van der Waals surface area contributed by atoms with Crippen molar-refractivity contribution in [1.82, 2.24) is 10.9 Å². The molecule has 0 radical (unpaired) electrons. The maximum absolute atomic E-state index is 12.0. The van der Waals surface area contributed by atoms with Gasteiger partial charge in [-0.3, -0.25) is 15.6 Å². The third kappa shape index (κ3) is 7.35. The summed E-state index contributed by atoms with van der Waals surface area (Å²) in [7, 11) is 1.32. The van der Waals surface area contributed by atoms with Gasteiger partial charge in [0.05, 0.1) is 28.5 Å². The molecule has 2 aromatic rings. The molecule has 1 aromatic heterocycles. The van der Waals surface area contributed by atoms with Crippen LogP contribution < -0.4 is 16.2 Å². The number of thioether (sulfide) groups is 1. The molecule has 1 heterocycles. The van der Waals surface area contributed by atoms with Crippen molar-refractivity contribution in [3.05, 3.63) is 50.3 Å². The van der Waals surface area contributed by atoms with Crippen molar-refractivity contribution < 1.29 is 14.3 Å². The van der Waals surface area contributed by atoms with E-state index in [4.69, 9.17) is 40.2 Å². The van der Waals surface area contributed by atoms with Crippen molar-refractivity contribution in [3.63, 3.8) is 0 Å². The highest BCUT2D eigenvalue weighted by Crippen LogP contribution is 2.29. The summed E-state index contributed by atoms with van der Waals surface area (Å²) in [5, 5.41) is 4.63. The van der Waals surface area contributed by atoms with Gasteiger partial charge in [0.15, 0.2) is 5.11 Å². The van der Waals surface area contributed by atoms with Gasteiger partial charge < -0.3 is 10.1 Å². The number of hydrogen-bond donors (Lipinski definition) is 3. The number of amides is 1. The van der Waals surface area contributed by atoms with Gasteiger partial charge in [-0.2, -0.15) is 0 Å². The third-order valence-corrected chi connectivity index (χ3v) is 6.71. The molecule has 0 aliphatic rings. The number of rotatable bonds is 7. The Kier molecular flexibility index (Phi) is 9.51. The molecule has 3 N–H and O–H groups in total. The number of benzene rings is 1. The van der Waals surface area contributed by atoms with Crippen LogP contribution in [0, 0.1) is 0 Å². The number of methoxy groups -OCH3 is 1. The molecule has 0 saturated heterocycles. The zero-order valence-corrected chi connectivity index (χ0v) is 19.6. The Morgan fingerprint density at radius 2 is 1.97 bits per heavy atom. The average molecular weight is 492 g/mol. The van der Waals surface area contributed by atoms with Gasteiger partial charge in [-0.05, 0) is 42.4 Å². The second-order valence-electron chi connectivity index (χ2n) is 5.67. The van der Waals surface area contributed by atoms with E-state index in [0.717, 1.165) is 16.9 Å². The monoisotopic (exact) mass is 491 g/mol. The van der Waals surface area contributed by atoms with Gasteiger partial charge in [0.2, 0.25) is 5.91 Å². The van der Waals surface area contributed by atoms with Crippen molar-refractivity contribution in [2.75, 3.05) is 18.2 Å². The first kappa shape index (κ1) is 23.8. The minimum Gasteiger partial charge on any atom is -0.465 e. The van der Waals surface area contributed by atoms with Crippen molar-refractivity contribution in [2.24, 2.45) is 0 Å². The normalized spacial score (nSPS) is 10.3. The Labute approximate surface area is 192 Å². The molecule has 2 rings (SSSR count). The second-order valence-corrected chi connectivity index (χ2v) is 9.01. The lowest BCUT2D eigenvalue weighted by Gasteiger charge is -2.11. The highest BCUT2D eigenvalue weighted by Gasteiger charge is 2.17. The molecule has 11 heteroatoms. The van der Waals surface area contributed by atoms with Crippen LogP contribution in [-0.4, -0.2) is 29.9 Å². The molecule has 0 aliphatic carbocycles. The molecular weight excluding hydrogens is 473 g/mol. The Balaban J connectivity index is 1.78. The number of carbonyl (C=O) groups excluding carboxylic acids is 2. The lowest BCUT2D eigenvalue weighted by molar-refractivity contribution is -0.119. The first-order valence-corrected chi connectivity index (χ1v) is 11.6. The van der Waals surface area contributed by atoms with Crippen molar-refractivity contribution >= 4 is 80.5 Å². The SMILES string of the molecule is CCc1cc(C(=O)OC)c(NC(=S)NNC(=O)CSCc2ccc(Cl)c(Cl)c2)s1. The van der Waals surface area contributed by atoms with Crippen LogP contribution in [0.1, 0.15) is 27.7 Å². The van der Waals surface area contributed by atoms with Gasteiger partial charge >= 0.3 is 5.97 Å². The summed E-state index contributed by atoms with van der Waals surface area (Å²) in [6, 6.07) is 7.12. The number of hydrogen-bond acceptors (Lipinski definition) is 6. The number of thiophene rings is 1. The molecule has 156 valence electrons. The number of halogens is 2. The number of ether oxygens (including phenoxy) is 1. The minimum absolute atomic E-state index is 0.169. The highest BCUT2D eigenvalue weighted by molar-refractivity contribution is 7.99. The Bertz CT molecular complexity index is 906. The summed E-state index contributed by atoms with van der Waals surface area (Å²) < 4.78 is 4.79. The summed E-state index contributed by atoms with van der Waals surface area (Å²) in [6.45, 7) is 1.99. The van der Waals surface area contributed by atoms with Gasteiger partial charge in [0.1, 0.15) is 5.00 Å². The lowest BCUT2D eigenvalue weighted by Crippen LogP contribution is -2.44. The standard InChI is InChI=1S/C18H19Cl2N3O3S3/c1-3-11-7-12(17(25)26-2)16(29-11)21-18(27)23-22-15(24)9-28-8-10-4-5-13(19)14(20)6-10/h4-7H,3,8-9H2,1-2H3,(H,22,24)(H2,21,23,27). The van der Waals surface area contributed by atoms with Crippen molar-refractivity contribution in [1.29, 1.82) is 0 Å². The fourth-order valence-corrected chi connectivity index (χ4v) is 4.46. The van der Waals surface area contributed by atoms with Crippen LogP contribution in [0.3, 0.4) is 0 Å². The van der Waals surface area contributed by atoms with Crippen LogP contribution >= 0.6 is 58.5 Å². The first-order valence-electron chi connectivity index (χ1n) is 8.42. The van der Waals surface area contributed by atoms with Crippen LogP contribution in [0.2, 0.25) is 10.0 Å². The van der Waals surface area contributed by atoms with E-state index in [2.05, 4.69) is 16.2 Å². The van der Waals surface area contributed by atoms with Crippen LogP contribution in [-0.2, 0) is 21.7 Å². The van der Waals surface area contributed by atoms with Crippen molar-refractivity contribution in [3.8, 4) is 0 Å². The number of thiocarbonyl (C=S) groups is 1. The van der Waals surface area contributed by atoms with Gasteiger partial charge in [0.25, 0.3) is 0 Å². The predicted molar refractivity (Wildman–Crippen MR) is 125 cm³/mol. The molecule has 1 aromatic carbocycles. The maximum atomic E-state index is 12.0. The molecule has 0 bridgehead atoms. The fraction of sp³-hybridized carbons (Fsp3) is 0.278. The van der Waals surface area contributed by atoms with E-state index < -0.39 is 5.97 Å². The van der Waals surface area contributed by atoms with Gasteiger partial charge in [-0.15, -0.1) is 23.1 Å². The minimum atomic E-state index is -0.450. The number of aryl methyl sites for hydroxylation is 1. The van der Waals surface area contributed by atoms with Gasteiger partial charge in [-0.1, -0.05) is 36.2 Å². The largest absolute Gasteiger partial charge is 0.465 e. The molecular formula is C18H19Cl2N3O3S3. The quantitative estimate of drug-likeness (QED) is 0.295. The maximum Gasteiger partial charge on any atom is 0.340 e. The summed E-state index contributed by atoms with van der Waals surface area (Å²) >= 11 is 19.9. The number of carbonyl (C=O) groups is 2. The van der Waals surface area contributed by atoms with Crippen molar-refractivity contribution in [2.45, 2.75) is 19.1 Å². The highest BCUT2D eigenvalue weighted by atomic mass is 35.5. The Morgan fingerprint density at radius 3 is 2.62 bits per heavy atom. The smallest absolute Gasteiger partial charge is 0.340 e. The Hall–Kier alpha value is -1.52. The number of hydrazine groups is 1. The molecule has 6 nitrogen and oxygen atoms in total. The lowest BCUT2D eigenvalue weighted by atomic mass is 10.2.